The highest BCUT2D eigenvalue weighted by molar-refractivity contribution is 5.27. The molecular formula is C11H17N5. The minimum atomic E-state index is 0.0454. The topological polar surface area (TPSA) is 74.5 Å². The average Bonchev–Trinajstić information content (AvgIpc) is 2.29. The third kappa shape index (κ3) is 3.16. The second-order valence-electron chi connectivity index (χ2n) is 3.64. The lowest BCUT2D eigenvalue weighted by Crippen LogP contribution is -2.18. The molecule has 0 amide bonds. The van der Waals surface area contributed by atoms with Gasteiger partial charge in [-0.2, -0.15) is 10.4 Å². The van der Waals surface area contributed by atoms with Crippen molar-refractivity contribution in [3.05, 3.63) is 11.4 Å². The summed E-state index contributed by atoms with van der Waals surface area (Å²) in [7, 11) is 0. The molecule has 0 bridgehead atoms. The number of aromatic nitrogens is 3. The van der Waals surface area contributed by atoms with Crippen LogP contribution in [0, 0.1) is 11.3 Å². The van der Waals surface area contributed by atoms with Gasteiger partial charge in [-0.15, -0.1) is 5.10 Å². The van der Waals surface area contributed by atoms with Gasteiger partial charge in [0.05, 0.1) is 23.9 Å². The van der Waals surface area contributed by atoms with Crippen molar-refractivity contribution in [3.63, 3.8) is 0 Å². The molecular weight excluding hydrogens is 202 g/mol. The van der Waals surface area contributed by atoms with Gasteiger partial charge in [0.15, 0.2) is 0 Å². The number of hydrogen-bond acceptors (Lipinski definition) is 5. The molecule has 5 nitrogen and oxygen atoms in total. The zero-order valence-electron chi connectivity index (χ0n) is 9.99. The molecule has 1 N–H and O–H groups in total. The van der Waals surface area contributed by atoms with Gasteiger partial charge in [-0.1, -0.05) is 13.8 Å². The zero-order valence-corrected chi connectivity index (χ0v) is 9.99. The van der Waals surface area contributed by atoms with Crippen LogP contribution in [-0.4, -0.2) is 21.2 Å². The standard InChI is InChI=1S/C11H17N5/c1-4-9-10(5-2)15-16-11(14-9)13-8(3)6-7-12/h8H,4-6H2,1-3H3,(H,13,14,16). The van der Waals surface area contributed by atoms with Crippen LogP contribution in [0.25, 0.3) is 0 Å². The molecule has 0 aromatic carbocycles. The second-order valence-corrected chi connectivity index (χ2v) is 3.64. The number of aryl methyl sites for hydroxylation is 2. The van der Waals surface area contributed by atoms with Crippen LogP contribution in [0.5, 0.6) is 0 Å². The molecule has 86 valence electrons. The zero-order chi connectivity index (χ0) is 12.0. The van der Waals surface area contributed by atoms with Gasteiger partial charge in [-0.25, -0.2) is 4.98 Å². The van der Waals surface area contributed by atoms with E-state index in [1.54, 1.807) is 0 Å². The summed E-state index contributed by atoms with van der Waals surface area (Å²) in [4.78, 5) is 4.39. The number of nitrogens with one attached hydrogen (secondary N) is 1. The lowest BCUT2D eigenvalue weighted by molar-refractivity contribution is 0.768. The smallest absolute Gasteiger partial charge is 0.243 e. The van der Waals surface area contributed by atoms with Gasteiger partial charge in [-0.05, 0) is 19.8 Å². The van der Waals surface area contributed by atoms with Crippen molar-refractivity contribution in [2.75, 3.05) is 5.32 Å². The van der Waals surface area contributed by atoms with Crippen molar-refractivity contribution < 1.29 is 0 Å². The van der Waals surface area contributed by atoms with Crippen molar-refractivity contribution in [2.24, 2.45) is 0 Å². The van der Waals surface area contributed by atoms with Gasteiger partial charge < -0.3 is 5.32 Å². The first-order valence-corrected chi connectivity index (χ1v) is 5.57. The fourth-order valence-electron chi connectivity index (χ4n) is 1.41. The first-order chi connectivity index (χ1) is 7.71. The number of rotatable bonds is 5. The summed E-state index contributed by atoms with van der Waals surface area (Å²) in [5.41, 5.74) is 1.92. The van der Waals surface area contributed by atoms with Crippen LogP contribution in [0.3, 0.4) is 0 Å². The number of nitrogens with zero attached hydrogens (tertiary/aromatic N) is 4. The summed E-state index contributed by atoms with van der Waals surface area (Å²) in [5, 5.41) is 19.7. The monoisotopic (exact) mass is 219 g/mol. The highest BCUT2D eigenvalue weighted by Crippen LogP contribution is 2.08. The van der Waals surface area contributed by atoms with Crippen LogP contribution in [0.1, 0.15) is 38.6 Å². The number of nitriles is 1. The molecule has 1 aromatic rings. The predicted molar refractivity (Wildman–Crippen MR) is 61.9 cm³/mol. The molecule has 16 heavy (non-hydrogen) atoms. The summed E-state index contributed by atoms with van der Waals surface area (Å²) >= 11 is 0. The van der Waals surface area contributed by atoms with E-state index in [0.717, 1.165) is 24.2 Å². The Hall–Kier alpha value is -1.70. The van der Waals surface area contributed by atoms with Crippen LogP contribution < -0.4 is 5.32 Å². The molecule has 0 radical (unpaired) electrons. The Bertz CT molecular complexity index is 382. The Morgan fingerprint density at radius 1 is 1.25 bits per heavy atom. The molecule has 0 saturated carbocycles. The molecule has 1 heterocycles. The van der Waals surface area contributed by atoms with Crippen LogP contribution >= 0.6 is 0 Å². The first kappa shape index (κ1) is 12.4. The van der Waals surface area contributed by atoms with Crippen LogP contribution in [0.15, 0.2) is 0 Å². The van der Waals surface area contributed by atoms with Gasteiger partial charge in [0.2, 0.25) is 5.95 Å². The van der Waals surface area contributed by atoms with Crippen molar-refractivity contribution in [3.8, 4) is 6.07 Å². The SMILES string of the molecule is CCc1nnc(NC(C)CC#N)nc1CC. The molecule has 0 spiro atoms. The molecule has 0 aliphatic rings. The Labute approximate surface area is 95.9 Å². The molecule has 5 heteroatoms. The normalized spacial score (nSPS) is 11.9. The highest BCUT2D eigenvalue weighted by Gasteiger charge is 2.08. The molecule has 1 aromatic heterocycles. The van der Waals surface area contributed by atoms with E-state index in [9.17, 15) is 0 Å². The van der Waals surface area contributed by atoms with Gasteiger partial charge in [-0.3, -0.25) is 0 Å². The van der Waals surface area contributed by atoms with Crippen molar-refractivity contribution in [2.45, 2.75) is 46.1 Å². The van der Waals surface area contributed by atoms with Crippen molar-refractivity contribution in [1.82, 2.24) is 15.2 Å². The van der Waals surface area contributed by atoms with E-state index in [1.165, 1.54) is 0 Å². The summed E-state index contributed by atoms with van der Waals surface area (Å²) in [6, 6.07) is 2.15. The fourth-order valence-corrected chi connectivity index (χ4v) is 1.41. The predicted octanol–water partition coefficient (Wildman–Crippen LogP) is 1.71. The molecule has 0 aliphatic carbocycles. The highest BCUT2D eigenvalue weighted by atomic mass is 15.2. The number of hydrogen-bond donors (Lipinski definition) is 1. The maximum atomic E-state index is 8.55. The van der Waals surface area contributed by atoms with Gasteiger partial charge >= 0.3 is 0 Å². The van der Waals surface area contributed by atoms with E-state index in [-0.39, 0.29) is 6.04 Å². The van der Waals surface area contributed by atoms with Gasteiger partial charge in [0.25, 0.3) is 0 Å². The van der Waals surface area contributed by atoms with Crippen LogP contribution in [0.4, 0.5) is 5.95 Å². The fraction of sp³-hybridized carbons (Fsp3) is 0.636. The van der Waals surface area contributed by atoms with E-state index >= 15 is 0 Å². The minimum Gasteiger partial charge on any atom is -0.349 e. The lowest BCUT2D eigenvalue weighted by atomic mass is 10.2. The molecule has 1 rings (SSSR count). The maximum Gasteiger partial charge on any atom is 0.243 e. The Morgan fingerprint density at radius 3 is 2.50 bits per heavy atom. The molecule has 0 aliphatic heterocycles. The maximum absolute atomic E-state index is 8.55. The summed E-state index contributed by atoms with van der Waals surface area (Å²) in [6.45, 7) is 6.01. The van der Waals surface area contributed by atoms with E-state index in [1.807, 2.05) is 20.8 Å². The van der Waals surface area contributed by atoms with E-state index in [4.69, 9.17) is 5.26 Å². The molecule has 1 unspecified atom stereocenters. The lowest BCUT2D eigenvalue weighted by Gasteiger charge is -2.11. The second kappa shape index (κ2) is 6.01. The van der Waals surface area contributed by atoms with E-state index < -0.39 is 0 Å². The summed E-state index contributed by atoms with van der Waals surface area (Å²) < 4.78 is 0. The Morgan fingerprint density at radius 2 is 1.94 bits per heavy atom. The Balaban J connectivity index is 2.79. The van der Waals surface area contributed by atoms with Gasteiger partial charge in [0.1, 0.15) is 0 Å². The average molecular weight is 219 g/mol. The quantitative estimate of drug-likeness (QED) is 0.816. The van der Waals surface area contributed by atoms with Crippen molar-refractivity contribution >= 4 is 5.95 Å². The third-order valence-corrected chi connectivity index (χ3v) is 2.28. The summed E-state index contributed by atoms with van der Waals surface area (Å²) in [5.74, 6) is 0.511. The first-order valence-electron chi connectivity index (χ1n) is 5.57. The van der Waals surface area contributed by atoms with Crippen LogP contribution in [0.2, 0.25) is 0 Å². The minimum absolute atomic E-state index is 0.0454. The van der Waals surface area contributed by atoms with Gasteiger partial charge in [0, 0.05) is 6.04 Å². The third-order valence-electron chi connectivity index (χ3n) is 2.28. The van der Waals surface area contributed by atoms with Crippen LogP contribution in [-0.2, 0) is 12.8 Å². The largest absolute Gasteiger partial charge is 0.349 e. The van der Waals surface area contributed by atoms with E-state index in [0.29, 0.717) is 12.4 Å². The molecule has 0 saturated heterocycles. The molecule has 0 fully saturated rings. The van der Waals surface area contributed by atoms with Crippen molar-refractivity contribution in [1.29, 1.82) is 5.26 Å². The molecule has 1 atom stereocenters. The summed E-state index contributed by atoms with van der Waals surface area (Å²) in [6.07, 6.45) is 2.12. The Kier molecular flexibility index (Phi) is 4.65. The number of anilines is 1. The van der Waals surface area contributed by atoms with E-state index in [2.05, 4.69) is 26.6 Å².